The number of ether oxygens (including phenoxy) is 1. The van der Waals surface area contributed by atoms with Gasteiger partial charge in [0.1, 0.15) is 17.3 Å². The topological polar surface area (TPSA) is 159 Å². The average Bonchev–Trinajstić information content (AvgIpc) is 3.67. The molecule has 0 aliphatic rings. The molecular formula is C29H22N8O4. The van der Waals surface area contributed by atoms with Gasteiger partial charge in [0, 0.05) is 0 Å². The molecule has 0 spiro atoms. The number of fused-ring (bicyclic) bond motifs is 1. The van der Waals surface area contributed by atoms with Gasteiger partial charge in [-0.3, -0.25) is 5.43 Å². The van der Waals surface area contributed by atoms with Gasteiger partial charge >= 0.3 is 5.97 Å². The normalized spacial score (nSPS) is 12.3. The molecule has 12 heteroatoms. The van der Waals surface area contributed by atoms with Crippen LogP contribution in [0.15, 0.2) is 115 Å². The van der Waals surface area contributed by atoms with Crippen LogP contribution >= 0.6 is 0 Å². The number of aromatic amines is 2. The van der Waals surface area contributed by atoms with E-state index in [0.29, 0.717) is 45.2 Å². The first-order valence-electron chi connectivity index (χ1n) is 12.5. The number of hydrogen-bond donors (Lipinski definition) is 3. The number of nitrogens with one attached hydrogen (secondary N) is 3. The van der Waals surface area contributed by atoms with Crippen molar-refractivity contribution in [3.63, 3.8) is 0 Å². The molecule has 0 unspecified atom stereocenters. The summed E-state index contributed by atoms with van der Waals surface area (Å²) in [6.07, 6.45) is 1.44. The van der Waals surface area contributed by atoms with E-state index in [2.05, 4.69) is 41.0 Å². The predicted molar refractivity (Wildman–Crippen MR) is 150 cm³/mol. The van der Waals surface area contributed by atoms with E-state index in [4.69, 9.17) is 13.8 Å². The second kappa shape index (κ2) is 11.4. The van der Waals surface area contributed by atoms with Crippen molar-refractivity contribution in [1.82, 2.24) is 20.3 Å². The van der Waals surface area contributed by atoms with Gasteiger partial charge in [0.05, 0.1) is 23.0 Å². The quantitative estimate of drug-likeness (QED) is 0.115. The van der Waals surface area contributed by atoms with Crippen LogP contribution in [0.25, 0.3) is 22.6 Å². The molecule has 0 bridgehead atoms. The molecule has 0 fully saturated rings. The number of benzene rings is 3. The van der Waals surface area contributed by atoms with E-state index < -0.39 is 5.97 Å². The highest BCUT2D eigenvalue weighted by Gasteiger charge is 2.14. The van der Waals surface area contributed by atoms with Gasteiger partial charge in [-0.2, -0.15) is 10.2 Å². The van der Waals surface area contributed by atoms with Gasteiger partial charge in [0.25, 0.3) is 0 Å². The summed E-state index contributed by atoms with van der Waals surface area (Å²) in [6.45, 7) is 2.01. The number of furan rings is 1. The summed E-state index contributed by atoms with van der Waals surface area (Å²) in [5.41, 5.74) is 7.25. The van der Waals surface area contributed by atoms with Crippen molar-refractivity contribution in [2.24, 2.45) is 15.3 Å². The maximum absolute atomic E-state index is 12.6. The second-order valence-electron chi connectivity index (χ2n) is 8.80. The molecule has 12 nitrogen and oxygen atoms in total. The van der Waals surface area contributed by atoms with Crippen LogP contribution < -0.4 is 21.1 Å². The lowest BCUT2D eigenvalue weighted by molar-refractivity contribution is 0.0735. The first-order valence-corrected chi connectivity index (χ1v) is 12.5. The van der Waals surface area contributed by atoms with Crippen LogP contribution in [0.2, 0.25) is 0 Å². The molecular weight excluding hydrogens is 524 g/mol. The molecule has 0 aliphatic carbocycles. The van der Waals surface area contributed by atoms with Gasteiger partial charge in [0.15, 0.2) is 11.0 Å². The average molecular weight is 547 g/mol. The van der Waals surface area contributed by atoms with E-state index in [1.807, 2.05) is 43.3 Å². The summed E-state index contributed by atoms with van der Waals surface area (Å²) in [4.78, 5) is 18.6. The number of esters is 1. The minimum Gasteiger partial charge on any atom is -0.455 e. The van der Waals surface area contributed by atoms with Crippen molar-refractivity contribution < 1.29 is 18.6 Å². The zero-order valence-electron chi connectivity index (χ0n) is 21.6. The zero-order chi connectivity index (χ0) is 28.0. The Balaban J connectivity index is 1.26. The highest BCUT2D eigenvalue weighted by Crippen LogP contribution is 2.31. The third-order valence-corrected chi connectivity index (χ3v) is 5.87. The molecule has 0 saturated heterocycles. The van der Waals surface area contributed by atoms with Gasteiger partial charge in [-0.25, -0.2) is 9.42 Å². The van der Waals surface area contributed by atoms with Crippen LogP contribution in [-0.2, 0) is 0 Å². The summed E-state index contributed by atoms with van der Waals surface area (Å²) in [7, 11) is 0. The molecule has 202 valence electrons. The number of aromatic nitrogens is 4. The molecule has 6 aromatic rings. The summed E-state index contributed by atoms with van der Waals surface area (Å²) in [5.74, 6) is 0.833. The standard InChI is InChI=1S/C29H22N8O4/c1-18-11-13-20(14-12-18)33-35-26-25(31-27-28(32-26)37-41-36-27)34-30-17-21-15-16-24(39-21)22-9-5-6-10-23(22)40-29(38)19-7-3-2-4-8-19/h2-17,33H,1H3,(H,31,34,36)(H,32,35,37)/b30-17+. The molecule has 0 aliphatic heterocycles. The van der Waals surface area contributed by atoms with E-state index in [0.717, 1.165) is 11.3 Å². The minimum atomic E-state index is -0.462. The van der Waals surface area contributed by atoms with E-state index in [9.17, 15) is 4.79 Å². The Morgan fingerprint density at radius 2 is 1.61 bits per heavy atom. The molecule has 0 radical (unpaired) electrons. The maximum atomic E-state index is 12.6. The van der Waals surface area contributed by atoms with Crippen LogP contribution in [0.1, 0.15) is 21.7 Å². The second-order valence-corrected chi connectivity index (χ2v) is 8.80. The van der Waals surface area contributed by atoms with Crippen LogP contribution in [0.5, 0.6) is 5.75 Å². The number of H-pyrrole nitrogens is 2. The van der Waals surface area contributed by atoms with Crippen molar-refractivity contribution in [1.29, 1.82) is 0 Å². The molecule has 41 heavy (non-hydrogen) atoms. The van der Waals surface area contributed by atoms with Crippen LogP contribution in [0.4, 0.5) is 5.69 Å². The van der Waals surface area contributed by atoms with Gasteiger partial charge < -0.3 is 19.1 Å². The van der Waals surface area contributed by atoms with Crippen molar-refractivity contribution in [2.45, 2.75) is 6.92 Å². The van der Waals surface area contributed by atoms with E-state index in [1.165, 1.54) is 6.21 Å². The van der Waals surface area contributed by atoms with Crippen molar-refractivity contribution in [2.75, 3.05) is 5.43 Å². The number of nitrogens with zero attached hydrogens (tertiary/aromatic N) is 5. The Labute approximate surface area is 231 Å². The molecule has 3 heterocycles. The highest BCUT2D eigenvalue weighted by molar-refractivity contribution is 5.92. The Hall–Kier alpha value is -6.04. The van der Waals surface area contributed by atoms with Crippen LogP contribution in [-0.4, -0.2) is 32.5 Å². The number of para-hydroxylation sites is 1. The SMILES string of the molecule is Cc1ccc(NN=c2[nH]c3nonc3[nH]c2=N/N=C/c2ccc(-c3ccccc3OC(=O)c3ccccc3)o2)cc1. The van der Waals surface area contributed by atoms with Crippen molar-refractivity contribution in [3.05, 3.63) is 119 Å². The highest BCUT2D eigenvalue weighted by atomic mass is 16.6. The zero-order valence-corrected chi connectivity index (χ0v) is 21.6. The number of rotatable bonds is 7. The largest absolute Gasteiger partial charge is 0.455 e. The summed E-state index contributed by atoms with van der Waals surface area (Å²) in [5, 5.41) is 20.4. The Kier molecular flexibility index (Phi) is 7.00. The monoisotopic (exact) mass is 546 g/mol. The van der Waals surface area contributed by atoms with Crippen molar-refractivity contribution >= 4 is 29.2 Å². The fourth-order valence-electron chi connectivity index (χ4n) is 3.80. The first-order chi connectivity index (χ1) is 20.1. The molecule has 0 saturated carbocycles. The number of aryl methyl sites for hydroxylation is 1. The number of carbonyl (C=O) groups excluding carboxylic acids is 1. The Morgan fingerprint density at radius 1 is 0.878 bits per heavy atom. The van der Waals surface area contributed by atoms with Crippen LogP contribution in [0, 0.1) is 6.92 Å². The van der Waals surface area contributed by atoms with Gasteiger partial charge in [0.2, 0.25) is 11.3 Å². The lowest BCUT2D eigenvalue weighted by Crippen LogP contribution is -2.33. The minimum absolute atomic E-state index is 0.272. The fraction of sp³-hybridized carbons (Fsp3) is 0.0345. The van der Waals surface area contributed by atoms with Crippen molar-refractivity contribution in [3.8, 4) is 17.1 Å². The van der Waals surface area contributed by atoms with Crippen LogP contribution in [0.3, 0.4) is 0 Å². The van der Waals surface area contributed by atoms with Gasteiger partial charge in [-0.15, -0.1) is 5.10 Å². The third-order valence-electron chi connectivity index (χ3n) is 5.87. The number of hydrogen-bond acceptors (Lipinski definition) is 10. The first kappa shape index (κ1) is 25.2. The maximum Gasteiger partial charge on any atom is 0.343 e. The fourth-order valence-corrected chi connectivity index (χ4v) is 3.80. The molecule has 3 aromatic carbocycles. The molecule has 3 N–H and O–H groups in total. The molecule has 6 rings (SSSR count). The predicted octanol–water partition coefficient (Wildman–Crippen LogP) is 4.53. The molecule has 0 atom stereocenters. The Morgan fingerprint density at radius 3 is 2.41 bits per heavy atom. The Bertz CT molecular complexity index is 1980. The number of carbonyl (C=O) groups is 1. The van der Waals surface area contributed by atoms with Gasteiger partial charge in [-0.05, 0) is 65.8 Å². The summed E-state index contributed by atoms with van der Waals surface area (Å²) >= 11 is 0. The lowest BCUT2D eigenvalue weighted by Gasteiger charge is -2.08. The lowest BCUT2D eigenvalue weighted by atomic mass is 10.1. The van der Waals surface area contributed by atoms with E-state index in [-0.39, 0.29) is 5.49 Å². The smallest absolute Gasteiger partial charge is 0.343 e. The van der Waals surface area contributed by atoms with E-state index >= 15 is 0 Å². The summed E-state index contributed by atoms with van der Waals surface area (Å²) in [6, 6.07) is 27.1. The summed E-state index contributed by atoms with van der Waals surface area (Å²) < 4.78 is 16.4. The number of anilines is 1. The molecule has 3 aromatic heterocycles. The molecule has 0 amide bonds. The van der Waals surface area contributed by atoms with Gasteiger partial charge in [-0.1, -0.05) is 48.0 Å². The van der Waals surface area contributed by atoms with E-state index in [1.54, 1.807) is 54.6 Å². The third kappa shape index (κ3) is 5.86.